The number of hydrogen-bond donors (Lipinski definition) is 2. The molecule has 2 N–H and O–H groups in total. The van der Waals surface area contributed by atoms with Gasteiger partial charge in [0.25, 0.3) is 0 Å². The van der Waals surface area contributed by atoms with Crippen molar-refractivity contribution in [1.29, 1.82) is 0 Å². The second kappa shape index (κ2) is 10.1. The molecule has 1 aliphatic heterocycles. The molecule has 1 aliphatic rings. The van der Waals surface area contributed by atoms with Crippen LogP contribution in [-0.4, -0.2) is 38.9 Å². The molecule has 3 aromatic rings. The van der Waals surface area contributed by atoms with Crippen LogP contribution in [0.15, 0.2) is 54.7 Å². The zero-order valence-electron chi connectivity index (χ0n) is 18.5. The summed E-state index contributed by atoms with van der Waals surface area (Å²) < 4.78 is 11.5. The fraction of sp³-hybridized carbons (Fsp3) is 0.280. The number of ether oxygens (including phenoxy) is 2. The van der Waals surface area contributed by atoms with Crippen LogP contribution in [0.1, 0.15) is 33.3 Å². The fourth-order valence-electron chi connectivity index (χ4n) is 3.76. The van der Waals surface area contributed by atoms with Crippen molar-refractivity contribution in [2.75, 3.05) is 12.9 Å². The van der Waals surface area contributed by atoms with E-state index < -0.39 is 0 Å². The van der Waals surface area contributed by atoms with Crippen LogP contribution in [0.3, 0.4) is 0 Å². The maximum absolute atomic E-state index is 12.7. The van der Waals surface area contributed by atoms with Crippen molar-refractivity contribution >= 4 is 17.7 Å². The summed E-state index contributed by atoms with van der Waals surface area (Å²) in [6, 6.07) is 15.5. The average Bonchev–Trinajstić information content (AvgIpc) is 3.21. The monoisotopic (exact) mass is 466 g/mol. The molecule has 1 atom stereocenters. The summed E-state index contributed by atoms with van der Waals surface area (Å²) in [5.74, 6) is 1.51. The molecule has 172 valence electrons. The smallest absolute Gasteiger partial charge is 0.234 e. The molecular weight excluding hydrogens is 440 g/mol. The molecule has 8 heteroatoms. The van der Waals surface area contributed by atoms with Crippen molar-refractivity contribution in [2.24, 2.45) is 0 Å². The third-order valence-corrected chi connectivity index (χ3v) is 6.86. The predicted octanol–water partition coefficient (Wildman–Crippen LogP) is 3.95. The van der Waals surface area contributed by atoms with E-state index in [2.05, 4.69) is 4.98 Å². The van der Waals surface area contributed by atoms with Crippen molar-refractivity contribution in [3.8, 4) is 17.2 Å². The van der Waals surface area contributed by atoms with Gasteiger partial charge in [-0.15, -0.1) is 11.8 Å². The largest absolute Gasteiger partial charge is 0.506 e. The number of aromatic hydroxyl groups is 1. The van der Waals surface area contributed by atoms with Crippen LogP contribution < -0.4 is 9.47 Å². The van der Waals surface area contributed by atoms with Gasteiger partial charge < -0.3 is 24.6 Å². The Morgan fingerprint density at radius 2 is 1.97 bits per heavy atom. The lowest BCUT2D eigenvalue weighted by molar-refractivity contribution is -0.128. The highest BCUT2D eigenvalue weighted by atomic mass is 32.2. The summed E-state index contributed by atoms with van der Waals surface area (Å²) in [4.78, 5) is 18.5. The summed E-state index contributed by atoms with van der Waals surface area (Å²) in [7, 11) is 1.59. The van der Waals surface area contributed by atoms with Crippen molar-refractivity contribution in [1.82, 2.24) is 9.88 Å². The van der Waals surface area contributed by atoms with Crippen molar-refractivity contribution in [3.63, 3.8) is 0 Å². The van der Waals surface area contributed by atoms with Gasteiger partial charge in [0.1, 0.15) is 17.7 Å². The summed E-state index contributed by atoms with van der Waals surface area (Å²) in [5.41, 5.74) is 3.42. The average molecular weight is 467 g/mol. The normalized spacial score (nSPS) is 15.7. The number of benzene rings is 2. The van der Waals surface area contributed by atoms with Gasteiger partial charge in [0.2, 0.25) is 5.91 Å². The first-order valence-corrected chi connectivity index (χ1v) is 11.6. The lowest BCUT2D eigenvalue weighted by Gasteiger charge is -2.26. The molecule has 0 spiro atoms. The lowest BCUT2D eigenvalue weighted by Crippen LogP contribution is -2.28. The first-order chi connectivity index (χ1) is 16.0. The van der Waals surface area contributed by atoms with E-state index in [9.17, 15) is 15.0 Å². The minimum atomic E-state index is -0.267. The van der Waals surface area contributed by atoms with Crippen LogP contribution in [0.5, 0.6) is 17.2 Å². The third-order valence-electron chi connectivity index (χ3n) is 5.61. The van der Waals surface area contributed by atoms with Gasteiger partial charge in [-0.1, -0.05) is 36.4 Å². The molecule has 7 nitrogen and oxygen atoms in total. The van der Waals surface area contributed by atoms with E-state index in [1.807, 2.05) is 48.5 Å². The van der Waals surface area contributed by atoms with E-state index in [1.54, 1.807) is 18.9 Å². The van der Waals surface area contributed by atoms with Crippen LogP contribution in [0.2, 0.25) is 0 Å². The van der Waals surface area contributed by atoms with Gasteiger partial charge >= 0.3 is 0 Å². The number of thioether (sulfide) groups is 1. The molecule has 0 saturated carbocycles. The highest BCUT2D eigenvalue weighted by molar-refractivity contribution is 8.00. The standard InChI is InChI=1S/C25H26N2O5S/c1-16-24(30)20(19(13-28)11-26-16)12-27-23(29)15-33-25(27)18-8-9-21(22(10-18)31-2)32-14-17-6-4-3-5-7-17/h3-11,25,28,30H,12-15H2,1-2H3. The van der Waals surface area contributed by atoms with Gasteiger partial charge in [0.05, 0.1) is 31.7 Å². The lowest BCUT2D eigenvalue weighted by atomic mass is 10.1. The van der Waals surface area contributed by atoms with Gasteiger partial charge in [-0.05, 0) is 30.2 Å². The second-order valence-electron chi connectivity index (χ2n) is 7.72. The van der Waals surface area contributed by atoms with E-state index in [-0.39, 0.29) is 30.2 Å². The molecule has 0 radical (unpaired) electrons. The number of aliphatic hydroxyl groups excluding tert-OH is 1. The quantitative estimate of drug-likeness (QED) is 0.519. The Morgan fingerprint density at radius 1 is 1.18 bits per heavy atom. The molecule has 0 bridgehead atoms. The number of carbonyl (C=O) groups is 1. The number of methoxy groups -OCH3 is 1. The van der Waals surface area contributed by atoms with Gasteiger partial charge in [0, 0.05) is 17.3 Å². The molecule has 2 aromatic carbocycles. The molecule has 1 unspecified atom stereocenters. The van der Waals surface area contributed by atoms with Crippen LogP contribution >= 0.6 is 11.8 Å². The highest BCUT2D eigenvalue weighted by Gasteiger charge is 2.34. The van der Waals surface area contributed by atoms with E-state index in [0.29, 0.717) is 40.7 Å². The number of aromatic nitrogens is 1. The zero-order chi connectivity index (χ0) is 23.4. The van der Waals surface area contributed by atoms with Crippen molar-refractivity contribution in [2.45, 2.75) is 32.1 Å². The molecule has 2 heterocycles. The molecule has 1 fully saturated rings. The zero-order valence-corrected chi connectivity index (χ0v) is 19.3. The molecule has 4 rings (SSSR count). The third kappa shape index (κ3) is 4.91. The Balaban J connectivity index is 1.57. The number of amides is 1. The number of aliphatic hydroxyl groups is 1. The number of aryl methyl sites for hydroxylation is 1. The van der Waals surface area contributed by atoms with Crippen LogP contribution in [-0.2, 0) is 24.6 Å². The van der Waals surface area contributed by atoms with Crippen molar-refractivity contribution < 1.29 is 24.5 Å². The first-order valence-electron chi connectivity index (χ1n) is 10.5. The molecular formula is C25H26N2O5S. The maximum atomic E-state index is 12.7. The molecule has 0 aliphatic carbocycles. The number of hydrogen-bond acceptors (Lipinski definition) is 7. The second-order valence-corrected chi connectivity index (χ2v) is 8.79. The SMILES string of the molecule is COc1cc(C2SCC(=O)N2Cc2c(CO)cnc(C)c2O)ccc1OCc1ccccc1. The number of rotatable bonds is 8. The van der Waals surface area contributed by atoms with Crippen LogP contribution in [0, 0.1) is 6.92 Å². The van der Waals surface area contributed by atoms with E-state index >= 15 is 0 Å². The van der Waals surface area contributed by atoms with Crippen LogP contribution in [0.25, 0.3) is 0 Å². The van der Waals surface area contributed by atoms with Gasteiger partial charge in [-0.2, -0.15) is 0 Å². The van der Waals surface area contributed by atoms with E-state index in [4.69, 9.17) is 9.47 Å². The van der Waals surface area contributed by atoms with Crippen LogP contribution in [0.4, 0.5) is 0 Å². The number of pyridine rings is 1. The number of carbonyl (C=O) groups excluding carboxylic acids is 1. The Labute approximate surface area is 197 Å². The fourth-order valence-corrected chi connectivity index (χ4v) is 4.94. The molecule has 1 amide bonds. The minimum Gasteiger partial charge on any atom is -0.506 e. The summed E-state index contributed by atoms with van der Waals surface area (Å²) in [6.07, 6.45) is 1.54. The van der Waals surface area contributed by atoms with Gasteiger partial charge in [-0.25, -0.2) is 0 Å². The predicted molar refractivity (Wildman–Crippen MR) is 126 cm³/mol. The van der Waals surface area contributed by atoms with E-state index in [0.717, 1.165) is 11.1 Å². The number of nitrogens with zero attached hydrogens (tertiary/aromatic N) is 2. The topological polar surface area (TPSA) is 92.1 Å². The summed E-state index contributed by atoms with van der Waals surface area (Å²) in [6.45, 7) is 2.02. The Kier molecular flexibility index (Phi) is 7.05. The van der Waals surface area contributed by atoms with Gasteiger partial charge in [-0.3, -0.25) is 9.78 Å². The molecule has 33 heavy (non-hydrogen) atoms. The minimum absolute atomic E-state index is 0.00670. The summed E-state index contributed by atoms with van der Waals surface area (Å²) in [5, 5.41) is 20.0. The Bertz CT molecular complexity index is 1140. The Morgan fingerprint density at radius 3 is 2.70 bits per heavy atom. The molecule has 1 saturated heterocycles. The van der Waals surface area contributed by atoms with Crippen molar-refractivity contribution in [3.05, 3.63) is 82.7 Å². The highest BCUT2D eigenvalue weighted by Crippen LogP contribution is 2.43. The summed E-state index contributed by atoms with van der Waals surface area (Å²) >= 11 is 1.51. The maximum Gasteiger partial charge on any atom is 0.234 e. The Hall–Kier alpha value is -3.23. The first kappa shape index (κ1) is 22.9. The van der Waals surface area contributed by atoms with E-state index in [1.165, 1.54) is 18.0 Å². The molecule has 1 aromatic heterocycles. The van der Waals surface area contributed by atoms with Gasteiger partial charge in [0.15, 0.2) is 11.5 Å².